The van der Waals surface area contributed by atoms with Crippen LogP contribution in [0.1, 0.15) is 127 Å². The molecule has 3 heterocycles. The molecule has 0 bridgehead atoms. The van der Waals surface area contributed by atoms with Gasteiger partial charge < -0.3 is 0 Å². The minimum absolute atomic E-state index is 0.206. The van der Waals surface area contributed by atoms with Crippen molar-refractivity contribution in [3.8, 4) is 11.6 Å². The van der Waals surface area contributed by atoms with E-state index in [2.05, 4.69) is 86.0 Å². The average molecular weight is 460 g/mol. The highest BCUT2D eigenvalue weighted by molar-refractivity contribution is 5.38. The highest BCUT2D eigenvalue weighted by Crippen LogP contribution is 2.48. The van der Waals surface area contributed by atoms with E-state index in [1.807, 2.05) is 9.36 Å². The first-order valence-electron chi connectivity index (χ1n) is 13.1. The number of hydrogen-bond acceptors (Lipinski definition) is 3. The molecule has 5 nitrogen and oxygen atoms in total. The third-order valence-corrected chi connectivity index (χ3v) is 8.32. The van der Waals surface area contributed by atoms with E-state index in [4.69, 9.17) is 15.2 Å². The van der Waals surface area contributed by atoms with Crippen LogP contribution in [-0.4, -0.2) is 24.5 Å². The Morgan fingerprint density at radius 1 is 0.676 bits per heavy atom. The summed E-state index contributed by atoms with van der Waals surface area (Å²) in [6, 6.07) is 6.19. The fraction of sp³-hybridized carbons (Fsp3) is 0.621. The maximum atomic E-state index is 5.10. The average Bonchev–Trinajstić information content (AvgIpc) is 3.39. The maximum absolute atomic E-state index is 5.10. The summed E-state index contributed by atoms with van der Waals surface area (Å²) in [5, 5.41) is 10.2. The van der Waals surface area contributed by atoms with Crippen molar-refractivity contribution in [3.63, 3.8) is 0 Å². The van der Waals surface area contributed by atoms with Gasteiger partial charge >= 0.3 is 0 Å². The lowest BCUT2D eigenvalue weighted by Crippen LogP contribution is -2.24. The van der Waals surface area contributed by atoms with Crippen LogP contribution in [0.5, 0.6) is 0 Å². The zero-order valence-electron chi connectivity index (χ0n) is 22.3. The number of fused-ring (bicyclic) bond motifs is 2. The van der Waals surface area contributed by atoms with Gasteiger partial charge in [0.1, 0.15) is 0 Å². The summed E-state index contributed by atoms with van der Waals surface area (Å²) >= 11 is 0. The van der Waals surface area contributed by atoms with Crippen molar-refractivity contribution in [1.82, 2.24) is 24.5 Å². The fourth-order valence-corrected chi connectivity index (χ4v) is 6.11. The van der Waals surface area contributed by atoms with Crippen molar-refractivity contribution in [2.24, 2.45) is 10.8 Å². The number of aromatic nitrogens is 5. The molecule has 4 atom stereocenters. The number of nitrogens with zero attached hydrogens (tertiary/aromatic N) is 5. The lowest BCUT2D eigenvalue weighted by Gasteiger charge is -2.35. The summed E-state index contributed by atoms with van der Waals surface area (Å²) < 4.78 is 4.00. The second kappa shape index (κ2) is 8.07. The second-order valence-electron chi connectivity index (χ2n) is 13.0. The summed E-state index contributed by atoms with van der Waals surface area (Å²) in [4.78, 5) is 5.03. The molecule has 0 fully saturated rings. The lowest BCUT2D eigenvalue weighted by atomic mass is 9.70. The van der Waals surface area contributed by atoms with E-state index < -0.39 is 0 Å². The maximum Gasteiger partial charge on any atom is 0.155 e. The van der Waals surface area contributed by atoms with E-state index in [0.717, 1.165) is 11.6 Å². The smallest absolute Gasteiger partial charge is 0.155 e. The van der Waals surface area contributed by atoms with Gasteiger partial charge in [0.05, 0.1) is 11.4 Å². The highest BCUT2D eigenvalue weighted by atomic mass is 15.4. The molecule has 0 radical (unpaired) electrons. The van der Waals surface area contributed by atoms with Crippen molar-refractivity contribution in [2.75, 3.05) is 0 Å². The van der Waals surface area contributed by atoms with Crippen LogP contribution in [0.3, 0.4) is 0 Å². The van der Waals surface area contributed by atoms with Gasteiger partial charge in [-0.05, 0) is 71.6 Å². The Labute approximate surface area is 205 Å². The molecule has 0 aromatic carbocycles. The normalized spacial score (nSPS) is 25.2. The third-order valence-electron chi connectivity index (χ3n) is 8.32. The monoisotopic (exact) mass is 459 g/mol. The van der Waals surface area contributed by atoms with Gasteiger partial charge in [0.2, 0.25) is 0 Å². The standard InChI is InChI=1S/C29H41N5/c1-18-12-14-22(28(3,4)5)26-20(18)16-33(31-26)24-10-9-11-25(30-24)34-17-21-19(2)13-15-23(27(21)32-34)29(6,7)8/h9-11,16-19,22-23H,12-15H2,1-8H3/t18-,19-,22-,23-/m1/s1. The Kier molecular flexibility index (Phi) is 5.53. The lowest BCUT2D eigenvalue weighted by molar-refractivity contribution is 0.275. The Morgan fingerprint density at radius 3 is 1.47 bits per heavy atom. The minimum Gasteiger partial charge on any atom is -0.222 e. The summed E-state index contributed by atoms with van der Waals surface area (Å²) in [5.74, 6) is 3.77. The predicted octanol–water partition coefficient (Wildman–Crippen LogP) is 7.51. The summed E-state index contributed by atoms with van der Waals surface area (Å²) in [5.41, 5.74) is 5.70. The van der Waals surface area contributed by atoms with Crippen LogP contribution in [0.15, 0.2) is 30.6 Å². The van der Waals surface area contributed by atoms with E-state index in [-0.39, 0.29) is 10.8 Å². The SMILES string of the molecule is C[C@@H]1CC[C@@H](C(C)(C)C)c2nn(-c3cccc(-n4cc5c(n4)[C@H](C(C)(C)C)CC[C@H]5C)n3)cc21. The Bertz CT molecular complexity index is 1100. The summed E-state index contributed by atoms with van der Waals surface area (Å²) in [6.45, 7) is 18.7. The van der Waals surface area contributed by atoms with Crippen LogP contribution >= 0.6 is 0 Å². The highest BCUT2D eigenvalue weighted by Gasteiger charge is 2.37. The van der Waals surface area contributed by atoms with Gasteiger partial charge in [-0.1, -0.05) is 61.5 Å². The van der Waals surface area contributed by atoms with Gasteiger partial charge in [0.25, 0.3) is 0 Å². The molecular weight excluding hydrogens is 418 g/mol. The van der Waals surface area contributed by atoms with Crippen molar-refractivity contribution >= 4 is 0 Å². The quantitative estimate of drug-likeness (QED) is 0.398. The number of pyridine rings is 1. The van der Waals surface area contributed by atoms with Crippen LogP contribution in [0.4, 0.5) is 0 Å². The van der Waals surface area contributed by atoms with Crippen molar-refractivity contribution < 1.29 is 0 Å². The Hall–Kier alpha value is -2.43. The van der Waals surface area contributed by atoms with Crippen LogP contribution < -0.4 is 0 Å². The molecule has 0 spiro atoms. The van der Waals surface area contributed by atoms with Crippen molar-refractivity contribution in [3.05, 3.63) is 53.1 Å². The van der Waals surface area contributed by atoms with Crippen LogP contribution in [0.2, 0.25) is 0 Å². The molecule has 0 saturated heterocycles. The molecule has 5 heteroatoms. The zero-order valence-corrected chi connectivity index (χ0v) is 22.3. The minimum atomic E-state index is 0.206. The topological polar surface area (TPSA) is 48.5 Å². The van der Waals surface area contributed by atoms with Crippen LogP contribution in [0, 0.1) is 10.8 Å². The Morgan fingerprint density at radius 2 is 1.09 bits per heavy atom. The van der Waals surface area contributed by atoms with Crippen molar-refractivity contribution in [1.29, 1.82) is 0 Å². The first-order valence-corrected chi connectivity index (χ1v) is 13.1. The molecule has 182 valence electrons. The van der Waals surface area contributed by atoms with Crippen molar-refractivity contribution in [2.45, 2.75) is 105 Å². The molecule has 2 aliphatic carbocycles. The van der Waals surface area contributed by atoms with E-state index in [1.165, 1.54) is 48.2 Å². The molecule has 3 aromatic rings. The molecule has 0 saturated carbocycles. The summed E-state index contributed by atoms with van der Waals surface area (Å²) in [6.07, 6.45) is 9.29. The van der Waals surface area contributed by atoms with E-state index >= 15 is 0 Å². The van der Waals surface area contributed by atoms with Gasteiger partial charge in [-0.15, -0.1) is 0 Å². The zero-order chi connectivity index (χ0) is 24.4. The second-order valence-corrected chi connectivity index (χ2v) is 13.0. The molecular formula is C29H41N5. The van der Waals surface area contributed by atoms with E-state index in [1.54, 1.807) is 0 Å². The van der Waals surface area contributed by atoms with Gasteiger partial charge in [-0.25, -0.2) is 14.3 Å². The van der Waals surface area contributed by atoms with Crippen LogP contribution in [-0.2, 0) is 0 Å². The molecule has 0 N–H and O–H groups in total. The fourth-order valence-electron chi connectivity index (χ4n) is 6.11. The molecule has 0 amide bonds. The number of hydrogen-bond donors (Lipinski definition) is 0. The largest absolute Gasteiger partial charge is 0.222 e. The molecule has 3 aromatic heterocycles. The van der Waals surface area contributed by atoms with Gasteiger partial charge in [-0.2, -0.15) is 10.2 Å². The molecule has 0 unspecified atom stereocenters. The molecule has 2 aliphatic rings. The first-order chi connectivity index (χ1) is 15.9. The molecule has 34 heavy (non-hydrogen) atoms. The van der Waals surface area contributed by atoms with E-state index in [0.29, 0.717) is 23.7 Å². The predicted molar refractivity (Wildman–Crippen MR) is 138 cm³/mol. The van der Waals surface area contributed by atoms with Gasteiger partial charge in [0, 0.05) is 24.2 Å². The first kappa shape index (κ1) is 23.3. The number of rotatable bonds is 2. The van der Waals surface area contributed by atoms with E-state index in [9.17, 15) is 0 Å². The molecule has 5 rings (SSSR count). The Balaban J connectivity index is 1.53. The molecule has 0 aliphatic heterocycles. The van der Waals surface area contributed by atoms with Gasteiger partial charge in [0.15, 0.2) is 11.6 Å². The third kappa shape index (κ3) is 4.01. The van der Waals surface area contributed by atoms with Gasteiger partial charge in [-0.3, -0.25) is 0 Å². The van der Waals surface area contributed by atoms with Crippen LogP contribution in [0.25, 0.3) is 11.6 Å². The summed E-state index contributed by atoms with van der Waals surface area (Å²) in [7, 11) is 0.